The number of fused-ring (bicyclic) bond motifs is 1. The van der Waals surface area contributed by atoms with Crippen LogP contribution < -0.4 is 10.1 Å². The summed E-state index contributed by atoms with van der Waals surface area (Å²) in [5.41, 5.74) is 0.942. The SMILES string of the molecule is COC(=O)[C@@H]1C[C@@H](Oc2ccc3ncccc3c2)CN1. The molecule has 5 heteroatoms. The summed E-state index contributed by atoms with van der Waals surface area (Å²) in [5, 5.41) is 4.15. The molecule has 1 aliphatic rings. The third-order valence-corrected chi connectivity index (χ3v) is 3.45. The van der Waals surface area contributed by atoms with Gasteiger partial charge in [0.25, 0.3) is 0 Å². The number of methoxy groups -OCH3 is 1. The predicted octanol–water partition coefficient (Wildman–Crippen LogP) is 1.52. The van der Waals surface area contributed by atoms with E-state index in [9.17, 15) is 4.79 Å². The molecule has 0 bridgehead atoms. The molecule has 1 aliphatic heterocycles. The van der Waals surface area contributed by atoms with Crippen LogP contribution in [0.25, 0.3) is 10.9 Å². The Morgan fingerprint density at radius 2 is 2.30 bits per heavy atom. The van der Waals surface area contributed by atoms with E-state index in [1.54, 1.807) is 6.20 Å². The number of ether oxygens (including phenoxy) is 2. The molecule has 0 radical (unpaired) electrons. The largest absolute Gasteiger partial charge is 0.489 e. The van der Waals surface area contributed by atoms with Gasteiger partial charge in [-0.25, -0.2) is 0 Å². The summed E-state index contributed by atoms with van der Waals surface area (Å²) in [6.45, 7) is 0.644. The zero-order valence-electron chi connectivity index (χ0n) is 11.2. The van der Waals surface area contributed by atoms with Crippen molar-refractivity contribution in [1.82, 2.24) is 10.3 Å². The minimum Gasteiger partial charge on any atom is -0.489 e. The van der Waals surface area contributed by atoms with Crippen LogP contribution >= 0.6 is 0 Å². The maximum Gasteiger partial charge on any atom is 0.323 e. The van der Waals surface area contributed by atoms with E-state index in [1.165, 1.54) is 7.11 Å². The number of hydrogen-bond donors (Lipinski definition) is 1. The molecular weight excluding hydrogens is 256 g/mol. The Balaban J connectivity index is 1.69. The van der Waals surface area contributed by atoms with Gasteiger partial charge in [-0.15, -0.1) is 0 Å². The number of carbonyl (C=O) groups excluding carboxylic acids is 1. The van der Waals surface area contributed by atoms with Crippen molar-refractivity contribution in [2.75, 3.05) is 13.7 Å². The van der Waals surface area contributed by atoms with Crippen molar-refractivity contribution in [3.63, 3.8) is 0 Å². The number of aromatic nitrogens is 1. The molecule has 1 saturated heterocycles. The minimum atomic E-state index is -0.271. The van der Waals surface area contributed by atoms with E-state index in [2.05, 4.69) is 10.3 Å². The Kier molecular flexibility index (Phi) is 3.52. The van der Waals surface area contributed by atoms with Crippen molar-refractivity contribution < 1.29 is 14.3 Å². The van der Waals surface area contributed by atoms with Crippen LogP contribution in [0.4, 0.5) is 0 Å². The normalized spacial score (nSPS) is 21.9. The van der Waals surface area contributed by atoms with Gasteiger partial charge < -0.3 is 14.8 Å². The van der Waals surface area contributed by atoms with E-state index in [0.29, 0.717) is 13.0 Å². The van der Waals surface area contributed by atoms with E-state index < -0.39 is 0 Å². The number of esters is 1. The summed E-state index contributed by atoms with van der Waals surface area (Å²) >= 11 is 0. The van der Waals surface area contributed by atoms with E-state index in [1.807, 2.05) is 30.3 Å². The first-order valence-corrected chi connectivity index (χ1v) is 6.59. The highest BCUT2D eigenvalue weighted by molar-refractivity contribution is 5.79. The summed E-state index contributed by atoms with van der Waals surface area (Å²) in [6.07, 6.45) is 2.37. The average molecular weight is 272 g/mol. The lowest BCUT2D eigenvalue weighted by Gasteiger charge is -2.13. The monoisotopic (exact) mass is 272 g/mol. The fourth-order valence-electron chi connectivity index (χ4n) is 2.43. The molecule has 0 spiro atoms. The fourth-order valence-corrected chi connectivity index (χ4v) is 2.43. The molecule has 1 aromatic carbocycles. The molecule has 2 atom stereocenters. The van der Waals surface area contributed by atoms with Gasteiger partial charge in [-0.2, -0.15) is 0 Å². The van der Waals surface area contributed by atoms with E-state index in [-0.39, 0.29) is 18.1 Å². The lowest BCUT2D eigenvalue weighted by atomic mass is 10.2. The molecule has 0 unspecified atom stereocenters. The molecule has 5 nitrogen and oxygen atoms in total. The van der Waals surface area contributed by atoms with Gasteiger partial charge in [0.1, 0.15) is 17.9 Å². The van der Waals surface area contributed by atoms with Gasteiger partial charge in [0.15, 0.2) is 0 Å². The molecular formula is C15H16N2O3. The molecule has 104 valence electrons. The van der Waals surface area contributed by atoms with E-state index in [4.69, 9.17) is 9.47 Å². The highest BCUT2D eigenvalue weighted by atomic mass is 16.5. The average Bonchev–Trinajstić information content (AvgIpc) is 2.95. The van der Waals surface area contributed by atoms with Gasteiger partial charge in [-0.05, 0) is 24.3 Å². The standard InChI is InChI=1S/C15H16N2O3/c1-19-15(18)14-8-12(9-17-14)20-11-4-5-13-10(7-11)3-2-6-16-13/h2-7,12,14,17H,8-9H2,1H3/t12-,14+/m1/s1. The smallest absolute Gasteiger partial charge is 0.323 e. The number of carbonyl (C=O) groups is 1. The maximum atomic E-state index is 11.4. The van der Waals surface area contributed by atoms with Crippen molar-refractivity contribution in [3.8, 4) is 5.75 Å². The molecule has 0 aliphatic carbocycles. The Morgan fingerprint density at radius 1 is 1.40 bits per heavy atom. The fraction of sp³-hybridized carbons (Fsp3) is 0.333. The van der Waals surface area contributed by atoms with Crippen LogP contribution in [-0.2, 0) is 9.53 Å². The van der Waals surface area contributed by atoms with Gasteiger partial charge in [-0.1, -0.05) is 6.07 Å². The first-order valence-electron chi connectivity index (χ1n) is 6.59. The minimum absolute atomic E-state index is 0.0202. The second-order valence-corrected chi connectivity index (χ2v) is 4.82. The lowest BCUT2D eigenvalue weighted by Crippen LogP contribution is -2.31. The maximum absolute atomic E-state index is 11.4. The number of nitrogens with one attached hydrogen (secondary N) is 1. The first-order chi connectivity index (χ1) is 9.76. The zero-order valence-corrected chi connectivity index (χ0v) is 11.2. The number of benzene rings is 1. The number of nitrogens with zero attached hydrogens (tertiary/aromatic N) is 1. The zero-order chi connectivity index (χ0) is 13.9. The van der Waals surface area contributed by atoms with Gasteiger partial charge >= 0.3 is 5.97 Å². The molecule has 1 aromatic heterocycles. The van der Waals surface area contributed by atoms with Crippen molar-refractivity contribution >= 4 is 16.9 Å². The Morgan fingerprint density at radius 3 is 3.15 bits per heavy atom. The summed E-state index contributed by atoms with van der Waals surface area (Å²) < 4.78 is 10.6. The second-order valence-electron chi connectivity index (χ2n) is 4.82. The Hall–Kier alpha value is -2.14. The van der Waals surface area contributed by atoms with Gasteiger partial charge in [0, 0.05) is 24.5 Å². The predicted molar refractivity (Wildman–Crippen MR) is 74.6 cm³/mol. The third-order valence-electron chi connectivity index (χ3n) is 3.45. The summed E-state index contributed by atoms with van der Waals surface area (Å²) in [7, 11) is 1.40. The Bertz CT molecular complexity index is 629. The van der Waals surface area contributed by atoms with Crippen molar-refractivity contribution in [2.45, 2.75) is 18.6 Å². The summed E-state index contributed by atoms with van der Waals surface area (Å²) in [5.74, 6) is 0.557. The van der Waals surface area contributed by atoms with E-state index >= 15 is 0 Å². The molecule has 2 aromatic rings. The van der Waals surface area contributed by atoms with Crippen LogP contribution in [0.3, 0.4) is 0 Å². The highest BCUT2D eigenvalue weighted by Crippen LogP contribution is 2.22. The summed E-state index contributed by atoms with van der Waals surface area (Å²) in [6, 6.07) is 9.43. The molecule has 3 rings (SSSR count). The number of pyridine rings is 1. The topological polar surface area (TPSA) is 60.5 Å². The van der Waals surface area contributed by atoms with Crippen molar-refractivity contribution in [1.29, 1.82) is 0 Å². The Labute approximate surface area is 116 Å². The molecule has 1 N–H and O–H groups in total. The van der Waals surface area contributed by atoms with Gasteiger partial charge in [-0.3, -0.25) is 9.78 Å². The van der Waals surface area contributed by atoms with Crippen LogP contribution in [0.5, 0.6) is 5.75 Å². The third kappa shape index (κ3) is 2.58. The van der Waals surface area contributed by atoms with Gasteiger partial charge in [0.05, 0.1) is 12.6 Å². The van der Waals surface area contributed by atoms with Crippen LogP contribution in [0.15, 0.2) is 36.5 Å². The second kappa shape index (κ2) is 5.46. The van der Waals surface area contributed by atoms with Crippen molar-refractivity contribution in [2.24, 2.45) is 0 Å². The van der Waals surface area contributed by atoms with Crippen LogP contribution in [0.2, 0.25) is 0 Å². The molecule has 0 saturated carbocycles. The molecule has 20 heavy (non-hydrogen) atoms. The number of rotatable bonds is 3. The van der Waals surface area contributed by atoms with E-state index in [0.717, 1.165) is 16.7 Å². The first kappa shape index (κ1) is 12.9. The highest BCUT2D eigenvalue weighted by Gasteiger charge is 2.31. The van der Waals surface area contributed by atoms with Crippen LogP contribution in [0, 0.1) is 0 Å². The molecule has 0 amide bonds. The molecule has 1 fully saturated rings. The number of hydrogen-bond acceptors (Lipinski definition) is 5. The lowest BCUT2D eigenvalue weighted by molar-refractivity contribution is -0.142. The quantitative estimate of drug-likeness (QED) is 0.858. The van der Waals surface area contributed by atoms with Crippen LogP contribution in [0.1, 0.15) is 6.42 Å². The van der Waals surface area contributed by atoms with Gasteiger partial charge in [0.2, 0.25) is 0 Å². The van der Waals surface area contributed by atoms with Crippen molar-refractivity contribution in [3.05, 3.63) is 36.5 Å². The van der Waals surface area contributed by atoms with Crippen LogP contribution in [-0.4, -0.2) is 36.8 Å². The summed E-state index contributed by atoms with van der Waals surface area (Å²) in [4.78, 5) is 15.7. The molecule has 2 heterocycles.